The molecule has 0 bridgehead atoms. The molecule has 1 aromatic rings. The van der Waals surface area contributed by atoms with Crippen LogP contribution < -0.4 is 0 Å². The summed E-state index contributed by atoms with van der Waals surface area (Å²) in [6, 6.07) is 2.63. The van der Waals surface area contributed by atoms with Gasteiger partial charge in [-0.2, -0.15) is 0 Å². The third-order valence-corrected chi connectivity index (χ3v) is 5.36. The molecule has 0 aromatic heterocycles. The molecule has 0 amide bonds. The van der Waals surface area contributed by atoms with Crippen LogP contribution in [0.5, 0.6) is 0 Å². The smallest absolute Gasteiger partial charge is 0.253 e. The lowest BCUT2D eigenvalue weighted by Crippen LogP contribution is -2.22. The molecule has 2 unspecified atom stereocenters. The van der Waals surface area contributed by atoms with E-state index in [0.717, 1.165) is 19.1 Å². The number of rotatable bonds is 5. The van der Waals surface area contributed by atoms with Crippen molar-refractivity contribution in [2.75, 3.05) is 20.0 Å². The summed E-state index contributed by atoms with van der Waals surface area (Å²) in [4.78, 5) is 11.5. The summed E-state index contributed by atoms with van der Waals surface area (Å²) in [7, 11) is -2.11. The minimum absolute atomic E-state index is 0.00900. The van der Waals surface area contributed by atoms with Crippen LogP contribution in [0, 0.1) is 0 Å². The van der Waals surface area contributed by atoms with E-state index in [2.05, 4.69) is 0 Å². The maximum atomic E-state index is 12.0. The molecular formula is C14H16Cl2O5S. The largest absolute Gasteiger partial charge is 0.375 e. The van der Waals surface area contributed by atoms with Crippen LogP contribution in [-0.4, -0.2) is 39.7 Å². The molecule has 5 nitrogen and oxygen atoms in total. The van der Waals surface area contributed by atoms with Crippen LogP contribution in [0.3, 0.4) is 0 Å². The van der Waals surface area contributed by atoms with Gasteiger partial charge in [-0.15, -0.1) is 0 Å². The van der Waals surface area contributed by atoms with Crippen molar-refractivity contribution in [2.45, 2.75) is 29.9 Å². The molecule has 1 heterocycles. The zero-order chi connectivity index (χ0) is 16.5. The van der Waals surface area contributed by atoms with E-state index in [9.17, 15) is 13.2 Å². The summed E-state index contributed by atoms with van der Waals surface area (Å²) < 4.78 is 35.1. The van der Waals surface area contributed by atoms with Crippen molar-refractivity contribution in [3.8, 4) is 0 Å². The topological polar surface area (TPSA) is 69.7 Å². The molecule has 8 heteroatoms. The number of sulfone groups is 1. The fraction of sp³-hybridized carbons (Fsp3) is 0.500. The van der Waals surface area contributed by atoms with E-state index >= 15 is 0 Å². The number of carbonyl (C=O) groups is 1. The summed E-state index contributed by atoms with van der Waals surface area (Å²) in [5.74, 6) is 0. The van der Waals surface area contributed by atoms with Gasteiger partial charge in [-0.3, -0.25) is 4.79 Å². The lowest BCUT2D eigenvalue weighted by molar-refractivity contribution is -0.0296. The Morgan fingerprint density at radius 1 is 1.45 bits per heavy atom. The van der Waals surface area contributed by atoms with E-state index in [0.29, 0.717) is 6.61 Å². The number of benzene rings is 1. The second-order valence-electron chi connectivity index (χ2n) is 5.09. The molecule has 1 fully saturated rings. The molecular weight excluding hydrogens is 351 g/mol. The lowest BCUT2D eigenvalue weighted by Gasteiger charge is -2.25. The standard InChI is InChI=1S/C14H16Cl2O5S/c1-20-13(9-4-3-7-21-9)11-10(22(2,18)19)6-5-8(12(11)15)14(16)17/h5-6,9,13H,3-4,7H2,1-2H3. The normalized spacial score (nSPS) is 20.1. The Bertz CT molecular complexity index is 681. The monoisotopic (exact) mass is 366 g/mol. The van der Waals surface area contributed by atoms with Crippen molar-refractivity contribution in [1.82, 2.24) is 0 Å². The number of halogens is 2. The molecule has 0 N–H and O–H groups in total. The van der Waals surface area contributed by atoms with Gasteiger partial charge in [-0.1, -0.05) is 11.6 Å². The van der Waals surface area contributed by atoms with Crippen LogP contribution in [0.4, 0.5) is 0 Å². The highest BCUT2D eigenvalue weighted by Gasteiger charge is 2.34. The molecule has 22 heavy (non-hydrogen) atoms. The first-order valence-corrected chi connectivity index (χ1v) is 9.28. The Morgan fingerprint density at radius 2 is 2.14 bits per heavy atom. The zero-order valence-electron chi connectivity index (χ0n) is 12.1. The van der Waals surface area contributed by atoms with E-state index in [-0.39, 0.29) is 27.1 Å². The fourth-order valence-electron chi connectivity index (χ4n) is 2.61. The van der Waals surface area contributed by atoms with Gasteiger partial charge in [0.2, 0.25) is 0 Å². The Morgan fingerprint density at radius 3 is 2.59 bits per heavy atom. The van der Waals surface area contributed by atoms with Gasteiger partial charge >= 0.3 is 0 Å². The van der Waals surface area contributed by atoms with E-state index in [1.165, 1.54) is 19.2 Å². The predicted molar refractivity (Wildman–Crippen MR) is 83.5 cm³/mol. The molecule has 122 valence electrons. The Hall–Kier alpha value is -0.660. The zero-order valence-corrected chi connectivity index (χ0v) is 14.5. The SMILES string of the molecule is COC(c1c(S(C)(=O)=O)ccc(C(=O)Cl)c1Cl)C1CCCO1. The first-order valence-electron chi connectivity index (χ1n) is 6.64. The van der Waals surface area contributed by atoms with Crippen LogP contribution in [0.25, 0.3) is 0 Å². The van der Waals surface area contributed by atoms with Gasteiger partial charge in [0.25, 0.3) is 5.24 Å². The number of hydrogen-bond acceptors (Lipinski definition) is 5. The Kier molecular flexibility index (Phi) is 5.50. The van der Waals surface area contributed by atoms with Gasteiger partial charge < -0.3 is 9.47 Å². The predicted octanol–water partition coefficient (Wildman–Crippen LogP) is 2.99. The van der Waals surface area contributed by atoms with Crippen molar-refractivity contribution >= 4 is 38.3 Å². The molecule has 1 aromatic carbocycles. The quantitative estimate of drug-likeness (QED) is 0.749. The molecule has 0 radical (unpaired) electrons. The van der Waals surface area contributed by atoms with Gasteiger partial charge in [0, 0.05) is 25.5 Å². The van der Waals surface area contributed by atoms with Crippen molar-refractivity contribution < 1.29 is 22.7 Å². The molecule has 0 aliphatic carbocycles. The highest BCUT2D eigenvalue weighted by molar-refractivity contribution is 7.90. The van der Waals surface area contributed by atoms with Crippen LogP contribution in [0.15, 0.2) is 17.0 Å². The number of ether oxygens (including phenoxy) is 2. The van der Waals surface area contributed by atoms with Crippen molar-refractivity contribution in [1.29, 1.82) is 0 Å². The minimum atomic E-state index is -3.56. The third kappa shape index (κ3) is 3.46. The van der Waals surface area contributed by atoms with Gasteiger partial charge in [-0.05, 0) is 36.6 Å². The maximum Gasteiger partial charge on any atom is 0.253 e. The highest BCUT2D eigenvalue weighted by Crippen LogP contribution is 2.39. The van der Waals surface area contributed by atoms with Crippen LogP contribution in [-0.2, 0) is 19.3 Å². The maximum absolute atomic E-state index is 12.0. The summed E-state index contributed by atoms with van der Waals surface area (Å²) in [5.41, 5.74) is 0.274. The van der Waals surface area contributed by atoms with Crippen molar-refractivity contribution in [3.05, 3.63) is 28.3 Å². The summed E-state index contributed by atoms with van der Waals surface area (Å²) in [6.45, 7) is 0.574. The van der Waals surface area contributed by atoms with Crippen molar-refractivity contribution in [3.63, 3.8) is 0 Å². The van der Waals surface area contributed by atoms with E-state index in [1.807, 2.05) is 0 Å². The second-order valence-corrected chi connectivity index (χ2v) is 7.80. The lowest BCUT2D eigenvalue weighted by atomic mass is 10.00. The third-order valence-electron chi connectivity index (χ3n) is 3.59. The second kappa shape index (κ2) is 6.84. The number of carbonyl (C=O) groups excluding carboxylic acids is 1. The van der Waals surface area contributed by atoms with Crippen LogP contribution in [0.2, 0.25) is 5.02 Å². The van der Waals surface area contributed by atoms with Crippen LogP contribution in [0.1, 0.15) is 34.9 Å². The Balaban J connectivity index is 2.68. The van der Waals surface area contributed by atoms with Crippen molar-refractivity contribution in [2.24, 2.45) is 0 Å². The van der Waals surface area contributed by atoms with Gasteiger partial charge in [0.05, 0.1) is 21.6 Å². The van der Waals surface area contributed by atoms with E-state index < -0.39 is 21.2 Å². The molecule has 2 rings (SSSR count). The first-order chi connectivity index (χ1) is 10.3. The summed E-state index contributed by atoms with van der Waals surface area (Å²) >= 11 is 11.8. The van der Waals surface area contributed by atoms with E-state index in [4.69, 9.17) is 32.7 Å². The molecule has 0 saturated carbocycles. The molecule has 0 spiro atoms. The number of hydrogen-bond donors (Lipinski definition) is 0. The first kappa shape index (κ1) is 17.7. The average molecular weight is 367 g/mol. The highest BCUT2D eigenvalue weighted by atomic mass is 35.5. The molecule has 1 saturated heterocycles. The molecule has 1 aliphatic heterocycles. The van der Waals surface area contributed by atoms with Gasteiger partial charge in [0.1, 0.15) is 6.10 Å². The molecule has 1 aliphatic rings. The summed E-state index contributed by atoms with van der Waals surface area (Å²) in [5, 5.41) is -0.765. The average Bonchev–Trinajstić information content (AvgIpc) is 2.93. The molecule has 2 atom stereocenters. The van der Waals surface area contributed by atoms with E-state index in [1.54, 1.807) is 0 Å². The number of methoxy groups -OCH3 is 1. The van der Waals surface area contributed by atoms with Gasteiger partial charge in [0.15, 0.2) is 9.84 Å². The fourth-order valence-corrected chi connectivity index (χ4v) is 4.17. The summed E-state index contributed by atoms with van der Waals surface area (Å²) in [6.07, 6.45) is 1.65. The van der Waals surface area contributed by atoms with Gasteiger partial charge in [-0.25, -0.2) is 8.42 Å². The minimum Gasteiger partial charge on any atom is -0.375 e. The Labute approximate surface area is 139 Å². The van der Waals surface area contributed by atoms with Crippen LogP contribution >= 0.6 is 23.2 Å².